The maximum atomic E-state index is 12.1. The van der Waals surface area contributed by atoms with Crippen LogP contribution in [0.1, 0.15) is 17.5 Å². The second kappa shape index (κ2) is 7.06. The minimum Gasteiger partial charge on any atom is -0.444 e. The van der Waals surface area contributed by atoms with E-state index in [4.69, 9.17) is 14.3 Å². The molecule has 2 atom stereocenters. The summed E-state index contributed by atoms with van der Waals surface area (Å²) in [6.07, 6.45) is -0.522. The number of hydrogen-bond acceptors (Lipinski definition) is 5. The lowest BCUT2D eigenvalue weighted by atomic mass is 10.2. The number of amides is 2. The van der Waals surface area contributed by atoms with Gasteiger partial charge in [0.15, 0.2) is 10.4 Å². The first kappa shape index (κ1) is 16.0. The van der Waals surface area contributed by atoms with Crippen LogP contribution >= 0.6 is 15.9 Å². The van der Waals surface area contributed by atoms with Gasteiger partial charge in [-0.05, 0) is 35.0 Å². The first-order valence-corrected chi connectivity index (χ1v) is 7.36. The van der Waals surface area contributed by atoms with Gasteiger partial charge in [-0.25, -0.2) is 0 Å². The number of nitrogens with one attached hydrogen (secondary N) is 1. The van der Waals surface area contributed by atoms with Gasteiger partial charge in [0.2, 0.25) is 5.91 Å². The molecule has 8 heteroatoms. The third-order valence-electron chi connectivity index (χ3n) is 3.08. The van der Waals surface area contributed by atoms with Crippen LogP contribution in [0.3, 0.4) is 0 Å². The molecule has 0 aromatic carbocycles. The Balaban J connectivity index is 1.85. The molecule has 1 aliphatic heterocycles. The summed E-state index contributed by atoms with van der Waals surface area (Å²) in [7, 11) is 0. The summed E-state index contributed by atoms with van der Waals surface area (Å²) in [4.78, 5) is 25.4. The van der Waals surface area contributed by atoms with E-state index < -0.39 is 5.91 Å². The monoisotopic (exact) mass is 360 g/mol. The molecule has 0 spiro atoms. The van der Waals surface area contributed by atoms with Crippen LogP contribution in [0.5, 0.6) is 0 Å². The van der Waals surface area contributed by atoms with Crippen LogP contribution in [-0.4, -0.2) is 60.3 Å². The maximum Gasteiger partial charge on any atom is 0.287 e. The van der Waals surface area contributed by atoms with Crippen molar-refractivity contribution in [2.75, 3.05) is 26.2 Å². The molecular weight excluding hydrogens is 344 g/mol. The van der Waals surface area contributed by atoms with E-state index in [-0.39, 0.29) is 37.0 Å². The summed E-state index contributed by atoms with van der Waals surface area (Å²) in [6, 6.07) is 3.12. The fourth-order valence-corrected chi connectivity index (χ4v) is 2.45. The van der Waals surface area contributed by atoms with Crippen molar-refractivity contribution in [3.63, 3.8) is 0 Å². The van der Waals surface area contributed by atoms with E-state index in [1.165, 1.54) is 6.07 Å². The quantitative estimate of drug-likeness (QED) is 0.809. The van der Waals surface area contributed by atoms with Crippen LogP contribution in [-0.2, 0) is 9.53 Å². The Labute approximate surface area is 130 Å². The Kier molecular flexibility index (Phi) is 5.38. The van der Waals surface area contributed by atoms with Gasteiger partial charge in [0.25, 0.3) is 5.91 Å². The summed E-state index contributed by atoms with van der Waals surface area (Å²) in [5.41, 5.74) is 0. The number of carbonyl (C=O) groups is 2. The molecule has 2 heterocycles. The van der Waals surface area contributed by atoms with Crippen molar-refractivity contribution in [3.8, 4) is 0 Å². The van der Waals surface area contributed by atoms with Gasteiger partial charge in [-0.1, -0.05) is 0 Å². The predicted octanol–water partition coefficient (Wildman–Crippen LogP) is 0.380. The summed E-state index contributed by atoms with van der Waals surface area (Å²) in [5.74, 6) is -0.533. The lowest BCUT2D eigenvalue weighted by Crippen LogP contribution is -2.52. The fraction of sp³-hybridized carbons (Fsp3) is 0.538. The van der Waals surface area contributed by atoms with E-state index in [1.807, 2.05) is 6.92 Å². The molecule has 2 rings (SSSR count). The number of furan rings is 1. The molecule has 1 aromatic heterocycles. The molecule has 1 fully saturated rings. The van der Waals surface area contributed by atoms with Crippen LogP contribution in [0.15, 0.2) is 21.2 Å². The zero-order chi connectivity index (χ0) is 15.4. The SMILES string of the molecule is CC1CN(C(=O)CNC(=O)c2ccc(Br)o2)CC(CO)O1. The van der Waals surface area contributed by atoms with Gasteiger partial charge in [0, 0.05) is 13.1 Å². The molecule has 1 aliphatic rings. The second-order valence-electron chi connectivity index (χ2n) is 4.84. The number of aliphatic hydroxyl groups is 1. The average Bonchev–Trinajstić information content (AvgIpc) is 2.90. The number of nitrogens with zero attached hydrogens (tertiary/aromatic N) is 1. The molecule has 2 unspecified atom stereocenters. The molecule has 1 saturated heterocycles. The molecular formula is C13H17BrN2O5. The van der Waals surface area contributed by atoms with Crippen molar-refractivity contribution in [1.29, 1.82) is 0 Å². The molecule has 116 valence electrons. The van der Waals surface area contributed by atoms with Crippen LogP contribution in [0.4, 0.5) is 0 Å². The molecule has 21 heavy (non-hydrogen) atoms. The van der Waals surface area contributed by atoms with E-state index in [0.29, 0.717) is 17.8 Å². The zero-order valence-electron chi connectivity index (χ0n) is 11.5. The highest BCUT2D eigenvalue weighted by molar-refractivity contribution is 9.10. The van der Waals surface area contributed by atoms with Crippen molar-refractivity contribution in [1.82, 2.24) is 10.2 Å². The summed E-state index contributed by atoms with van der Waals surface area (Å²) in [5, 5.41) is 11.6. The standard InChI is InChI=1S/C13H17BrN2O5/c1-8-5-16(6-9(7-17)20-8)12(18)4-15-13(19)10-2-3-11(14)21-10/h2-3,8-9,17H,4-7H2,1H3,(H,15,19). The number of morpholine rings is 1. The van der Waals surface area contributed by atoms with Crippen molar-refractivity contribution in [2.45, 2.75) is 19.1 Å². The number of halogens is 1. The molecule has 1 aromatic rings. The van der Waals surface area contributed by atoms with Crippen LogP contribution in [0.2, 0.25) is 0 Å². The number of carbonyl (C=O) groups excluding carboxylic acids is 2. The van der Waals surface area contributed by atoms with Gasteiger partial charge in [0.1, 0.15) is 0 Å². The number of aliphatic hydroxyl groups excluding tert-OH is 1. The minimum atomic E-state index is -0.450. The maximum absolute atomic E-state index is 12.1. The lowest BCUT2D eigenvalue weighted by Gasteiger charge is -2.36. The second-order valence-corrected chi connectivity index (χ2v) is 5.62. The third kappa shape index (κ3) is 4.29. The fourth-order valence-electron chi connectivity index (χ4n) is 2.14. The summed E-state index contributed by atoms with van der Waals surface area (Å²) < 4.78 is 11.0. The highest BCUT2D eigenvalue weighted by Gasteiger charge is 2.28. The highest BCUT2D eigenvalue weighted by atomic mass is 79.9. The molecule has 0 saturated carbocycles. The number of ether oxygens (including phenoxy) is 1. The van der Waals surface area contributed by atoms with E-state index >= 15 is 0 Å². The Hall–Kier alpha value is -1.38. The van der Waals surface area contributed by atoms with Crippen LogP contribution in [0, 0.1) is 0 Å². The van der Waals surface area contributed by atoms with Crippen molar-refractivity contribution < 1.29 is 23.8 Å². The Morgan fingerprint density at radius 2 is 2.24 bits per heavy atom. The van der Waals surface area contributed by atoms with Gasteiger partial charge >= 0.3 is 0 Å². The van der Waals surface area contributed by atoms with Gasteiger partial charge in [-0.15, -0.1) is 0 Å². The first-order valence-electron chi connectivity index (χ1n) is 6.57. The molecule has 7 nitrogen and oxygen atoms in total. The van der Waals surface area contributed by atoms with Gasteiger partial charge in [-0.2, -0.15) is 0 Å². The summed E-state index contributed by atoms with van der Waals surface area (Å²) >= 11 is 3.10. The van der Waals surface area contributed by atoms with Crippen molar-refractivity contribution >= 4 is 27.7 Å². The van der Waals surface area contributed by atoms with Crippen LogP contribution in [0.25, 0.3) is 0 Å². The predicted molar refractivity (Wildman–Crippen MR) is 76.7 cm³/mol. The van der Waals surface area contributed by atoms with E-state index in [1.54, 1.807) is 11.0 Å². The minimum absolute atomic E-state index is 0.123. The Morgan fingerprint density at radius 1 is 1.48 bits per heavy atom. The van der Waals surface area contributed by atoms with E-state index in [2.05, 4.69) is 21.2 Å². The van der Waals surface area contributed by atoms with Gasteiger partial charge in [0.05, 0.1) is 25.4 Å². The molecule has 2 amide bonds. The molecule has 0 aliphatic carbocycles. The van der Waals surface area contributed by atoms with Gasteiger partial charge in [-0.3, -0.25) is 9.59 Å². The smallest absolute Gasteiger partial charge is 0.287 e. The van der Waals surface area contributed by atoms with E-state index in [0.717, 1.165) is 0 Å². The molecule has 0 bridgehead atoms. The topological polar surface area (TPSA) is 92.0 Å². The summed E-state index contributed by atoms with van der Waals surface area (Å²) in [6.45, 7) is 2.34. The molecule has 2 N–H and O–H groups in total. The van der Waals surface area contributed by atoms with Gasteiger partial charge < -0.3 is 24.5 Å². The molecule has 0 radical (unpaired) electrons. The average molecular weight is 361 g/mol. The Morgan fingerprint density at radius 3 is 2.86 bits per heavy atom. The van der Waals surface area contributed by atoms with Crippen molar-refractivity contribution in [2.24, 2.45) is 0 Å². The number of hydrogen-bond donors (Lipinski definition) is 2. The Bertz CT molecular complexity index is 518. The van der Waals surface area contributed by atoms with Crippen molar-refractivity contribution in [3.05, 3.63) is 22.6 Å². The third-order valence-corrected chi connectivity index (χ3v) is 3.51. The first-order chi connectivity index (χ1) is 9.99. The lowest BCUT2D eigenvalue weighted by molar-refractivity contribution is -0.146. The normalized spacial score (nSPS) is 22.1. The van der Waals surface area contributed by atoms with Crippen LogP contribution < -0.4 is 5.32 Å². The number of rotatable bonds is 4. The highest BCUT2D eigenvalue weighted by Crippen LogP contribution is 2.14. The largest absolute Gasteiger partial charge is 0.444 e. The van der Waals surface area contributed by atoms with E-state index in [9.17, 15) is 9.59 Å². The zero-order valence-corrected chi connectivity index (χ0v) is 13.1.